The second kappa shape index (κ2) is 7.30. The minimum absolute atomic E-state index is 0.0724. The highest BCUT2D eigenvalue weighted by Gasteiger charge is 2.27. The molecule has 0 spiro atoms. The van der Waals surface area contributed by atoms with Gasteiger partial charge in [-0.25, -0.2) is 0 Å². The number of ether oxygens (including phenoxy) is 1. The zero-order valence-electron chi connectivity index (χ0n) is 15.7. The fourth-order valence-electron chi connectivity index (χ4n) is 2.81. The van der Waals surface area contributed by atoms with E-state index in [0.717, 1.165) is 5.70 Å². The normalized spacial score (nSPS) is 16.8. The number of amides is 1. The van der Waals surface area contributed by atoms with Gasteiger partial charge in [0, 0.05) is 18.2 Å². The van der Waals surface area contributed by atoms with Gasteiger partial charge in [-0.3, -0.25) is 15.0 Å². The van der Waals surface area contributed by atoms with Gasteiger partial charge in [0.2, 0.25) is 0 Å². The Hall–Kier alpha value is -2.30. The molecule has 1 aromatic rings. The largest absolute Gasteiger partial charge is 0.484 e. The van der Waals surface area contributed by atoms with Crippen molar-refractivity contribution < 1.29 is 14.3 Å². The molecule has 0 aliphatic heterocycles. The third-order valence-corrected chi connectivity index (χ3v) is 4.11. The molecule has 0 bridgehead atoms. The summed E-state index contributed by atoms with van der Waals surface area (Å²) >= 11 is 0. The SMILES string of the molecule is CC1(C)CC(=O)C=C(NNC(=O)COc2ccc(C(C)(C)C)cc2)C1. The van der Waals surface area contributed by atoms with Crippen LogP contribution in [0.1, 0.15) is 53.0 Å². The average Bonchev–Trinajstić information content (AvgIpc) is 2.48. The predicted molar refractivity (Wildman–Crippen MR) is 98.0 cm³/mol. The Balaban J connectivity index is 1.80. The Labute approximate surface area is 149 Å². The topological polar surface area (TPSA) is 67.4 Å². The van der Waals surface area contributed by atoms with E-state index in [2.05, 4.69) is 31.6 Å². The zero-order chi connectivity index (χ0) is 18.7. The van der Waals surface area contributed by atoms with Crippen molar-refractivity contribution in [2.75, 3.05) is 6.61 Å². The third-order valence-electron chi connectivity index (χ3n) is 4.11. The maximum absolute atomic E-state index is 11.9. The van der Waals surface area contributed by atoms with Crippen molar-refractivity contribution in [3.8, 4) is 5.75 Å². The Kier molecular flexibility index (Phi) is 5.55. The Morgan fingerprint density at radius 1 is 1.16 bits per heavy atom. The molecule has 2 rings (SSSR count). The van der Waals surface area contributed by atoms with Crippen LogP contribution in [0.2, 0.25) is 0 Å². The van der Waals surface area contributed by atoms with E-state index in [9.17, 15) is 9.59 Å². The molecule has 0 atom stereocenters. The molecule has 0 fully saturated rings. The van der Waals surface area contributed by atoms with Gasteiger partial charge in [0.05, 0.1) is 0 Å². The molecule has 136 valence electrons. The van der Waals surface area contributed by atoms with Crippen molar-refractivity contribution in [1.29, 1.82) is 0 Å². The molecule has 1 aromatic carbocycles. The number of carbonyl (C=O) groups is 2. The number of benzene rings is 1. The van der Waals surface area contributed by atoms with Crippen LogP contribution >= 0.6 is 0 Å². The molecule has 0 saturated carbocycles. The van der Waals surface area contributed by atoms with Crippen LogP contribution in [0, 0.1) is 5.41 Å². The quantitative estimate of drug-likeness (QED) is 0.805. The fourth-order valence-corrected chi connectivity index (χ4v) is 2.81. The van der Waals surface area contributed by atoms with Gasteiger partial charge in [0.15, 0.2) is 12.4 Å². The molecular weight excluding hydrogens is 316 g/mol. The lowest BCUT2D eigenvalue weighted by Crippen LogP contribution is -2.42. The van der Waals surface area contributed by atoms with Crippen LogP contribution < -0.4 is 15.6 Å². The lowest BCUT2D eigenvalue weighted by molar-refractivity contribution is -0.124. The number of rotatable bonds is 5. The van der Waals surface area contributed by atoms with E-state index in [1.807, 2.05) is 38.1 Å². The smallest absolute Gasteiger partial charge is 0.276 e. The van der Waals surface area contributed by atoms with E-state index in [0.29, 0.717) is 18.6 Å². The standard InChI is InChI=1S/C20H28N2O3/c1-19(2,3)14-6-8-17(9-7-14)25-13-18(24)22-21-15-10-16(23)12-20(4,5)11-15/h6-10,21H,11-13H2,1-5H3,(H,22,24). The summed E-state index contributed by atoms with van der Waals surface area (Å²) in [6.45, 7) is 10.4. The van der Waals surface area contributed by atoms with Gasteiger partial charge in [-0.1, -0.05) is 46.8 Å². The average molecular weight is 344 g/mol. The van der Waals surface area contributed by atoms with Crippen molar-refractivity contribution in [3.63, 3.8) is 0 Å². The second-order valence-electron chi connectivity index (χ2n) is 8.39. The van der Waals surface area contributed by atoms with Crippen molar-refractivity contribution in [2.45, 2.75) is 52.9 Å². The molecule has 0 aromatic heterocycles. The maximum atomic E-state index is 11.9. The maximum Gasteiger partial charge on any atom is 0.276 e. The fraction of sp³-hybridized carbons (Fsp3) is 0.500. The first-order chi connectivity index (χ1) is 11.5. The monoisotopic (exact) mass is 344 g/mol. The molecule has 25 heavy (non-hydrogen) atoms. The molecule has 0 radical (unpaired) electrons. The summed E-state index contributed by atoms with van der Waals surface area (Å²) < 4.78 is 5.50. The van der Waals surface area contributed by atoms with E-state index in [4.69, 9.17) is 4.74 Å². The van der Waals surface area contributed by atoms with E-state index in [1.54, 1.807) is 6.08 Å². The highest BCUT2D eigenvalue weighted by atomic mass is 16.5. The number of nitrogens with one attached hydrogen (secondary N) is 2. The van der Waals surface area contributed by atoms with E-state index in [-0.39, 0.29) is 29.1 Å². The highest BCUT2D eigenvalue weighted by molar-refractivity contribution is 5.91. The third kappa shape index (κ3) is 5.93. The van der Waals surface area contributed by atoms with Gasteiger partial charge < -0.3 is 10.2 Å². The van der Waals surface area contributed by atoms with E-state index in [1.165, 1.54) is 5.56 Å². The molecule has 5 nitrogen and oxygen atoms in total. The number of allylic oxidation sites excluding steroid dienone is 2. The minimum atomic E-state index is -0.295. The van der Waals surface area contributed by atoms with Gasteiger partial charge >= 0.3 is 0 Å². The van der Waals surface area contributed by atoms with Gasteiger partial charge in [-0.05, 0) is 34.9 Å². The molecule has 2 N–H and O–H groups in total. The summed E-state index contributed by atoms with van der Waals surface area (Å²) in [5.41, 5.74) is 7.34. The highest BCUT2D eigenvalue weighted by Crippen LogP contribution is 2.32. The van der Waals surface area contributed by atoms with Crippen LogP contribution in [0.5, 0.6) is 5.75 Å². The summed E-state index contributed by atoms with van der Waals surface area (Å²) in [7, 11) is 0. The predicted octanol–water partition coefficient (Wildman–Crippen LogP) is 3.26. The number of carbonyl (C=O) groups excluding carboxylic acids is 2. The Morgan fingerprint density at radius 3 is 2.36 bits per heavy atom. The summed E-state index contributed by atoms with van der Waals surface area (Å²) in [6, 6.07) is 7.75. The van der Waals surface area contributed by atoms with Crippen molar-refractivity contribution in [2.24, 2.45) is 5.41 Å². The molecule has 1 aliphatic rings. The lowest BCUT2D eigenvalue weighted by atomic mass is 9.79. The number of hydrazine groups is 1. The first-order valence-electron chi connectivity index (χ1n) is 8.57. The zero-order valence-corrected chi connectivity index (χ0v) is 15.7. The van der Waals surface area contributed by atoms with Gasteiger partial charge in [0.25, 0.3) is 5.91 Å². The Bertz CT molecular complexity index is 667. The molecule has 1 aliphatic carbocycles. The molecule has 0 heterocycles. The van der Waals surface area contributed by atoms with Crippen molar-refractivity contribution in [3.05, 3.63) is 41.6 Å². The van der Waals surface area contributed by atoms with Gasteiger partial charge in [-0.2, -0.15) is 0 Å². The molecule has 0 unspecified atom stereocenters. The molecule has 5 heteroatoms. The molecule has 1 amide bonds. The first kappa shape index (κ1) is 19.0. The van der Waals surface area contributed by atoms with Crippen LogP contribution in [-0.2, 0) is 15.0 Å². The second-order valence-corrected chi connectivity index (χ2v) is 8.39. The molecule has 0 saturated heterocycles. The minimum Gasteiger partial charge on any atom is -0.484 e. The summed E-state index contributed by atoms with van der Waals surface area (Å²) in [5.74, 6) is 0.427. The van der Waals surface area contributed by atoms with Crippen LogP contribution in [0.3, 0.4) is 0 Å². The van der Waals surface area contributed by atoms with Crippen LogP contribution in [0.15, 0.2) is 36.0 Å². The van der Waals surface area contributed by atoms with Crippen LogP contribution in [-0.4, -0.2) is 18.3 Å². The van der Waals surface area contributed by atoms with Gasteiger partial charge in [0.1, 0.15) is 5.75 Å². The molecular formula is C20H28N2O3. The number of hydrogen-bond donors (Lipinski definition) is 2. The summed E-state index contributed by atoms with van der Waals surface area (Å²) in [6.07, 6.45) is 2.80. The summed E-state index contributed by atoms with van der Waals surface area (Å²) in [5, 5.41) is 0. The summed E-state index contributed by atoms with van der Waals surface area (Å²) in [4.78, 5) is 23.6. The number of ketones is 1. The Morgan fingerprint density at radius 2 is 1.80 bits per heavy atom. The van der Waals surface area contributed by atoms with Gasteiger partial charge in [-0.15, -0.1) is 0 Å². The van der Waals surface area contributed by atoms with Crippen molar-refractivity contribution >= 4 is 11.7 Å². The van der Waals surface area contributed by atoms with E-state index < -0.39 is 0 Å². The van der Waals surface area contributed by atoms with Crippen molar-refractivity contribution in [1.82, 2.24) is 10.9 Å². The number of hydrogen-bond acceptors (Lipinski definition) is 4. The van der Waals surface area contributed by atoms with E-state index >= 15 is 0 Å². The first-order valence-corrected chi connectivity index (χ1v) is 8.57. The van der Waals surface area contributed by atoms with Crippen LogP contribution in [0.25, 0.3) is 0 Å². The lowest BCUT2D eigenvalue weighted by Gasteiger charge is -2.29. The van der Waals surface area contributed by atoms with Crippen LogP contribution in [0.4, 0.5) is 0 Å².